The lowest BCUT2D eigenvalue weighted by Crippen LogP contribution is -2.13. The van der Waals surface area contributed by atoms with Gasteiger partial charge < -0.3 is 5.32 Å². The molecule has 4 nitrogen and oxygen atoms in total. The number of nitrogens with two attached hydrogens (primary N) is 1. The van der Waals surface area contributed by atoms with Crippen LogP contribution in [0.15, 0.2) is 29.2 Å². The van der Waals surface area contributed by atoms with Gasteiger partial charge in [-0.05, 0) is 37.6 Å². The Morgan fingerprint density at radius 3 is 2.48 bits per heavy atom. The van der Waals surface area contributed by atoms with Gasteiger partial charge in [0.25, 0.3) is 0 Å². The summed E-state index contributed by atoms with van der Waals surface area (Å²) in [5.74, 6) is 0. The minimum absolute atomic E-state index is 0.0669. The predicted octanol–water partition coefficient (Wildman–Crippen LogP) is 4.18. The molecule has 0 saturated carbocycles. The van der Waals surface area contributed by atoms with Gasteiger partial charge in [-0.3, -0.25) is 0 Å². The van der Waals surface area contributed by atoms with Crippen LogP contribution in [-0.2, 0) is 10.0 Å². The fraction of sp³-hybridized carbons (Fsp3) is 0.231. The smallest absolute Gasteiger partial charge is 0.238 e. The van der Waals surface area contributed by atoms with Gasteiger partial charge in [0.05, 0.1) is 19.6 Å². The molecular weight excluding hydrogens is 351 g/mol. The summed E-state index contributed by atoms with van der Waals surface area (Å²) < 4.78 is 24.1. The van der Waals surface area contributed by atoms with Crippen molar-refractivity contribution in [3.63, 3.8) is 0 Å². The number of thiophene rings is 1. The first-order valence-corrected chi connectivity index (χ1v) is 9.15. The van der Waals surface area contributed by atoms with Crippen molar-refractivity contribution in [1.29, 1.82) is 0 Å². The lowest BCUT2D eigenvalue weighted by Gasteiger charge is -2.17. The molecule has 21 heavy (non-hydrogen) atoms. The van der Waals surface area contributed by atoms with Crippen molar-refractivity contribution in [2.75, 3.05) is 5.32 Å². The van der Waals surface area contributed by atoms with Crippen LogP contribution in [0.2, 0.25) is 8.67 Å². The number of hydrogen-bond donors (Lipinski definition) is 2. The normalized spacial score (nSPS) is 13.2. The van der Waals surface area contributed by atoms with Crippen LogP contribution in [0.5, 0.6) is 0 Å². The SMILES string of the molecule is Cc1ccc(S(N)(=O)=O)cc1NC(C)c1cc(Cl)sc1Cl. The van der Waals surface area contributed by atoms with Crippen LogP contribution in [0.25, 0.3) is 0 Å². The van der Waals surface area contributed by atoms with Crippen LogP contribution in [0, 0.1) is 6.92 Å². The number of aryl methyl sites for hydroxylation is 1. The Bertz CT molecular complexity index is 772. The molecule has 114 valence electrons. The zero-order chi connectivity index (χ0) is 15.8. The number of halogens is 2. The number of hydrogen-bond acceptors (Lipinski definition) is 4. The molecule has 3 N–H and O–H groups in total. The average molecular weight is 365 g/mol. The zero-order valence-corrected chi connectivity index (χ0v) is 14.5. The first-order valence-electron chi connectivity index (χ1n) is 6.03. The standard InChI is InChI=1S/C13H14Cl2N2O2S2/c1-7-3-4-9(21(16,18)19)5-11(7)17-8(2)10-6-12(14)20-13(10)15/h3-6,8,17H,1-2H3,(H2,16,18,19). The second-order valence-corrected chi connectivity index (χ2v) is 8.51. The zero-order valence-electron chi connectivity index (χ0n) is 11.4. The van der Waals surface area contributed by atoms with E-state index in [2.05, 4.69) is 5.32 Å². The van der Waals surface area contributed by atoms with Crippen molar-refractivity contribution in [1.82, 2.24) is 0 Å². The minimum atomic E-state index is -3.73. The van der Waals surface area contributed by atoms with Crippen LogP contribution >= 0.6 is 34.5 Å². The summed E-state index contributed by atoms with van der Waals surface area (Å²) >= 11 is 13.4. The number of sulfonamides is 1. The Morgan fingerprint density at radius 1 is 1.29 bits per heavy atom. The monoisotopic (exact) mass is 364 g/mol. The van der Waals surface area contributed by atoms with E-state index in [1.165, 1.54) is 23.5 Å². The molecule has 2 rings (SSSR count). The number of anilines is 1. The lowest BCUT2D eigenvalue weighted by molar-refractivity contribution is 0.598. The van der Waals surface area contributed by atoms with Gasteiger partial charge in [0.1, 0.15) is 0 Å². The summed E-state index contributed by atoms with van der Waals surface area (Å²) in [6.07, 6.45) is 0. The Kier molecular flexibility index (Phi) is 4.85. The summed E-state index contributed by atoms with van der Waals surface area (Å²) in [6.45, 7) is 3.80. The summed E-state index contributed by atoms with van der Waals surface area (Å²) in [6, 6.07) is 6.38. The highest BCUT2D eigenvalue weighted by Crippen LogP contribution is 2.36. The third kappa shape index (κ3) is 3.90. The molecule has 0 aliphatic rings. The van der Waals surface area contributed by atoms with E-state index in [-0.39, 0.29) is 10.9 Å². The number of primary sulfonamides is 1. The molecule has 2 aromatic rings. The van der Waals surface area contributed by atoms with E-state index >= 15 is 0 Å². The molecule has 0 aliphatic carbocycles. The summed E-state index contributed by atoms with van der Waals surface area (Å²) in [5, 5.41) is 8.39. The molecule has 8 heteroatoms. The maximum absolute atomic E-state index is 11.4. The average Bonchev–Trinajstić information content (AvgIpc) is 2.70. The molecule has 1 unspecified atom stereocenters. The minimum Gasteiger partial charge on any atom is -0.378 e. The lowest BCUT2D eigenvalue weighted by atomic mass is 10.1. The molecular formula is C13H14Cl2N2O2S2. The van der Waals surface area contributed by atoms with Gasteiger partial charge in [-0.25, -0.2) is 13.6 Å². The van der Waals surface area contributed by atoms with Gasteiger partial charge in [0, 0.05) is 11.3 Å². The second-order valence-electron chi connectivity index (χ2n) is 4.67. The van der Waals surface area contributed by atoms with E-state index < -0.39 is 10.0 Å². The van der Waals surface area contributed by atoms with Crippen LogP contribution in [-0.4, -0.2) is 8.42 Å². The molecule has 1 atom stereocenters. The highest BCUT2D eigenvalue weighted by atomic mass is 35.5. The highest BCUT2D eigenvalue weighted by Gasteiger charge is 2.16. The summed E-state index contributed by atoms with van der Waals surface area (Å²) in [5.41, 5.74) is 2.46. The predicted molar refractivity (Wildman–Crippen MR) is 88.9 cm³/mol. The number of benzene rings is 1. The molecule has 0 amide bonds. The van der Waals surface area contributed by atoms with E-state index in [0.717, 1.165) is 11.1 Å². The Labute approximate surface area is 137 Å². The fourth-order valence-electron chi connectivity index (χ4n) is 1.89. The molecule has 0 fully saturated rings. The first kappa shape index (κ1) is 16.6. The largest absolute Gasteiger partial charge is 0.378 e. The van der Waals surface area contributed by atoms with Crippen LogP contribution in [0.1, 0.15) is 24.1 Å². The van der Waals surface area contributed by atoms with Crippen molar-refractivity contribution >= 4 is 50.2 Å². The molecule has 1 heterocycles. The van der Waals surface area contributed by atoms with Crippen molar-refractivity contribution in [2.24, 2.45) is 5.14 Å². The maximum atomic E-state index is 11.4. The van der Waals surface area contributed by atoms with Gasteiger partial charge in [-0.2, -0.15) is 0 Å². The molecule has 0 bridgehead atoms. The van der Waals surface area contributed by atoms with Gasteiger partial charge in [0.2, 0.25) is 10.0 Å². The van der Waals surface area contributed by atoms with Crippen LogP contribution in [0.3, 0.4) is 0 Å². The van der Waals surface area contributed by atoms with Crippen LogP contribution < -0.4 is 10.5 Å². The van der Waals surface area contributed by atoms with Crippen LogP contribution in [0.4, 0.5) is 5.69 Å². The van der Waals surface area contributed by atoms with E-state index in [9.17, 15) is 8.42 Å². The van der Waals surface area contributed by atoms with Gasteiger partial charge in [-0.1, -0.05) is 29.3 Å². The molecule has 1 aromatic carbocycles. The van der Waals surface area contributed by atoms with E-state index in [4.69, 9.17) is 28.3 Å². The summed E-state index contributed by atoms with van der Waals surface area (Å²) in [4.78, 5) is 0.0669. The van der Waals surface area contributed by atoms with Crippen molar-refractivity contribution in [2.45, 2.75) is 24.8 Å². The fourth-order valence-corrected chi connectivity index (χ4v) is 4.08. The highest BCUT2D eigenvalue weighted by molar-refractivity contribution is 7.89. The van der Waals surface area contributed by atoms with Gasteiger partial charge in [-0.15, -0.1) is 11.3 Å². The van der Waals surface area contributed by atoms with Crippen molar-refractivity contribution in [3.8, 4) is 0 Å². The first-order chi connectivity index (χ1) is 9.68. The van der Waals surface area contributed by atoms with E-state index in [1.54, 1.807) is 12.1 Å². The van der Waals surface area contributed by atoms with Crippen molar-refractivity contribution < 1.29 is 8.42 Å². The van der Waals surface area contributed by atoms with E-state index in [1.807, 2.05) is 13.8 Å². The molecule has 0 spiro atoms. The molecule has 0 aliphatic heterocycles. The maximum Gasteiger partial charge on any atom is 0.238 e. The Balaban J connectivity index is 2.33. The third-order valence-corrected chi connectivity index (χ3v) is 5.49. The topological polar surface area (TPSA) is 72.2 Å². The van der Waals surface area contributed by atoms with Gasteiger partial charge >= 0.3 is 0 Å². The van der Waals surface area contributed by atoms with E-state index in [0.29, 0.717) is 14.4 Å². The Hall–Kier alpha value is -0.790. The quantitative estimate of drug-likeness (QED) is 0.854. The molecule has 1 aromatic heterocycles. The third-order valence-electron chi connectivity index (χ3n) is 3.06. The van der Waals surface area contributed by atoms with Crippen molar-refractivity contribution in [3.05, 3.63) is 44.1 Å². The second kappa shape index (κ2) is 6.14. The van der Waals surface area contributed by atoms with Gasteiger partial charge in [0.15, 0.2) is 0 Å². The number of nitrogens with one attached hydrogen (secondary N) is 1. The Morgan fingerprint density at radius 2 is 1.95 bits per heavy atom. The number of rotatable bonds is 4. The molecule has 0 saturated heterocycles. The molecule has 0 radical (unpaired) electrons. The summed E-state index contributed by atoms with van der Waals surface area (Å²) in [7, 11) is -3.73.